The van der Waals surface area contributed by atoms with Crippen molar-refractivity contribution < 1.29 is 19.0 Å². The van der Waals surface area contributed by atoms with Crippen LogP contribution in [0, 0.1) is 0 Å². The second-order valence-corrected chi connectivity index (χ2v) is 6.74. The second-order valence-electron chi connectivity index (χ2n) is 6.74. The number of ether oxygens (including phenoxy) is 3. The first kappa shape index (κ1) is 22.2. The Labute approximate surface area is 183 Å². The van der Waals surface area contributed by atoms with Crippen LogP contribution in [-0.2, 0) is 16.1 Å². The third kappa shape index (κ3) is 7.68. The Morgan fingerprint density at radius 3 is 2.35 bits per heavy atom. The van der Waals surface area contributed by atoms with Crippen molar-refractivity contribution in [3.63, 3.8) is 0 Å². The zero-order chi connectivity index (χ0) is 21.7. The number of carbonyl (C=O) groups is 1. The molecule has 0 radical (unpaired) electrons. The maximum absolute atomic E-state index is 12.4. The summed E-state index contributed by atoms with van der Waals surface area (Å²) in [5.74, 6) is 1.23. The van der Waals surface area contributed by atoms with E-state index in [1.54, 1.807) is 0 Å². The van der Waals surface area contributed by atoms with Gasteiger partial charge in [0.05, 0.1) is 18.8 Å². The Morgan fingerprint density at radius 2 is 1.58 bits per heavy atom. The number of hydrogen-bond donors (Lipinski definition) is 2. The van der Waals surface area contributed by atoms with Crippen LogP contribution in [0.4, 0.5) is 11.4 Å². The van der Waals surface area contributed by atoms with Crippen molar-refractivity contribution in [1.29, 1.82) is 0 Å². The van der Waals surface area contributed by atoms with Gasteiger partial charge < -0.3 is 24.8 Å². The highest BCUT2D eigenvalue weighted by Gasteiger charge is 2.08. The van der Waals surface area contributed by atoms with Gasteiger partial charge in [-0.25, -0.2) is 0 Å². The summed E-state index contributed by atoms with van der Waals surface area (Å²) in [6.07, 6.45) is 0. The number of benzene rings is 3. The van der Waals surface area contributed by atoms with Crippen molar-refractivity contribution in [2.75, 3.05) is 37.0 Å². The molecule has 162 valence electrons. The van der Waals surface area contributed by atoms with E-state index < -0.39 is 0 Å². The lowest BCUT2D eigenvalue weighted by Gasteiger charge is -2.13. The van der Waals surface area contributed by atoms with Gasteiger partial charge in [-0.05, 0) is 48.9 Å². The first-order chi connectivity index (χ1) is 15.2. The number of carbonyl (C=O) groups excluding carboxylic acids is 1. The van der Waals surface area contributed by atoms with E-state index >= 15 is 0 Å². The normalized spacial score (nSPS) is 10.4. The predicted octanol–water partition coefficient (Wildman–Crippen LogP) is 4.73. The Kier molecular flexibility index (Phi) is 8.76. The second kappa shape index (κ2) is 12.2. The zero-order valence-corrected chi connectivity index (χ0v) is 17.7. The average Bonchev–Trinajstić information content (AvgIpc) is 2.81. The van der Waals surface area contributed by atoms with Gasteiger partial charge in [-0.3, -0.25) is 4.79 Å². The minimum absolute atomic E-state index is 0.136. The standard InChI is InChI=1S/C25H28N2O4/c1-2-29-16-17-30-24-11-7-6-10-23(24)27-25(28)18-26-21-12-14-22(15-13-21)31-19-20-8-4-3-5-9-20/h3-15,26H,2,16-19H2,1H3,(H,27,28). The van der Waals surface area contributed by atoms with Gasteiger partial charge in [0, 0.05) is 12.3 Å². The molecule has 0 fully saturated rings. The molecule has 6 nitrogen and oxygen atoms in total. The van der Waals surface area contributed by atoms with Gasteiger partial charge in [0.15, 0.2) is 0 Å². The highest BCUT2D eigenvalue weighted by molar-refractivity contribution is 5.95. The minimum Gasteiger partial charge on any atom is -0.489 e. The molecule has 0 unspecified atom stereocenters. The van der Waals surface area contributed by atoms with Gasteiger partial charge in [0.1, 0.15) is 24.7 Å². The van der Waals surface area contributed by atoms with Crippen LogP contribution >= 0.6 is 0 Å². The molecule has 0 aliphatic carbocycles. The molecule has 3 aromatic rings. The van der Waals surface area contributed by atoms with Gasteiger partial charge >= 0.3 is 0 Å². The molecule has 0 aromatic heterocycles. The molecular formula is C25H28N2O4. The maximum atomic E-state index is 12.4. The molecule has 0 saturated heterocycles. The third-order valence-corrected chi connectivity index (χ3v) is 4.41. The molecule has 0 heterocycles. The van der Waals surface area contributed by atoms with Crippen molar-refractivity contribution in [2.45, 2.75) is 13.5 Å². The Balaban J connectivity index is 1.44. The number of para-hydroxylation sites is 2. The van der Waals surface area contributed by atoms with Crippen LogP contribution in [0.1, 0.15) is 12.5 Å². The van der Waals surface area contributed by atoms with Crippen LogP contribution in [-0.4, -0.2) is 32.3 Å². The monoisotopic (exact) mass is 420 g/mol. The van der Waals surface area contributed by atoms with Gasteiger partial charge in [-0.2, -0.15) is 0 Å². The molecule has 0 aliphatic rings. The summed E-state index contributed by atoms with van der Waals surface area (Å²) in [4.78, 5) is 12.4. The summed E-state index contributed by atoms with van der Waals surface area (Å²) in [6, 6.07) is 24.9. The van der Waals surface area contributed by atoms with Crippen LogP contribution in [0.5, 0.6) is 11.5 Å². The largest absolute Gasteiger partial charge is 0.489 e. The number of rotatable bonds is 12. The average molecular weight is 421 g/mol. The van der Waals surface area contributed by atoms with Crippen molar-refractivity contribution in [1.82, 2.24) is 0 Å². The maximum Gasteiger partial charge on any atom is 0.243 e. The van der Waals surface area contributed by atoms with Crippen LogP contribution in [0.2, 0.25) is 0 Å². The lowest BCUT2D eigenvalue weighted by Crippen LogP contribution is -2.22. The molecule has 6 heteroatoms. The molecule has 1 amide bonds. The fraction of sp³-hybridized carbons (Fsp3) is 0.240. The quantitative estimate of drug-likeness (QED) is 0.415. The molecule has 0 atom stereocenters. The summed E-state index contributed by atoms with van der Waals surface area (Å²) in [5, 5.41) is 6.00. The summed E-state index contributed by atoms with van der Waals surface area (Å²) >= 11 is 0. The van der Waals surface area contributed by atoms with Crippen molar-refractivity contribution >= 4 is 17.3 Å². The van der Waals surface area contributed by atoms with Crippen molar-refractivity contribution in [3.8, 4) is 11.5 Å². The molecule has 0 spiro atoms. The molecule has 3 rings (SSSR count). The predicted molar refractivity (Wildman–Crippen MR) is 123 cm³/mol. The van der Waals surface area contributed by atoms with Crippen molar-refractivity contribution in [2.24, 2.45) is 0 Å². The summed E-state index contributed by atoms with van der Waals surface area (Å²) in [5.41, 5.74) is 2.59. The first-order valence-corrected chi connectivity index (χ1v) is 10.3. The Morgan fingerprint density at radius 1 is 0.839 bits per heavy atom. The Hall–Kier alpha value is -3.51. The van der Waals surface area contributed by atoms with Crippen LogP contribution in [0.25, 0.3) is 0 Å². The number of hydrogen-bond acceptors (Lipinski definition) is 5. The van der Waals surface area contributed by atoms with E-state index in [-0.39, 0.29) is 12.5 Å². The van der Waals surface area contributed by atoms with E-state index in [2.05, 4.69) is 10.6 Å². The SMILES string of the molecule is CCOCCOc1ccccc1NC(=O)CNc1ccc(OCc2ccccc2)cc1. The highest BCUT2D eigenvalue weighted by Crippen LogP contribution is 2.23. The molecular weight excluding hydrogens is 392 g/mol. The highest BCUT2D eigenvalue weighted by atomic mass is 16.5. The molecule has 0 bridgehead atoms. The zero-order valence-electron chi connectivity index (χ0n) is 17.7. The van der Waals surface area contributed by atoms with Crippen LogP contribution in [0.3, 0.4) is 0 Å². The van der Waals surface area contributed by atoms with E-state index in [1.807, 2.05) is 85.8 Å². The molecule has 3 aromatic carbocycles. The van der Waals surface area contributed by atoms with E-state index in [4.69, 9.17) is 14.2 Å². The van der Waals surface area contributed by atoms with Gasteiger partial charge in [-0.1, -0.05) is 42.5 Å². The summed E-state index contributed by atoms with van der Waals surface area (Å²) in [7, 11) is 0. The van der Waals surface area contributed by atoms with Gasteiger partial charge in [-0.15, -0.1) is 0 Å². The van der Waals surface area contributed by atoms with Crippen LogP contribution < -0.4 is 20.1 Å². The van der Waals surface area contributed by atoms with Crippen molar-refractivity contribution in [3.05, 3.63) is 84.4 Å². The smallest absolute Gasteiger partial charge is 0.243 e. The third-order valence-electron chi connectivity index (χ3n) is 4.41. The number of nitrogens with one attached hydrogen (secondary N) is 2. The molecule has 2 N–H and O–H groups in total. The molecule has 31 heavy (non-hydrogen) atoms. The minimum atomic E-state index is -0.162. The topological polar surface area (TPSA) is 68.8 Å². The number of anilines is 2. The van der Waals surface area contributed by atoms with E-state index in [0.717, 1.165) is 17.0 Å². The first-order valence-electron chi connectivity index (χ1n) is 10.3. The number of amides is 1. The lowest BCUT2D eigenvalue weighted by molar-refractivity contribution is -0.114. The summed E-state index contributed by atoms with van der Waals surface area (Å²) < 4.78 is 16.8. The van der Waals surface area contributed by atoms with Gasteiger partial charge in [0.2, 0.25) is 5.91 Å². The molecule has 0 aliphatic heterocycles. The molecule has 0 saturated carbocycles. The van der Waals surface area contributed by atoms with E-state index in [1.165, 1.54) is 0 Å². The fourth-order valence-electron chi connectivity index (χ4n) is 2.84. The Bertz CT molecular complexity index is 930. The fourth-order valence-corrected chi connectivity index (χ4v) is 2.84. The van der Waals surface area contributed by atoms with Crippen LogP contribution in [0.15, 0.2) is 78.9 Å². The van der Waals surface area contributed by atoms with E-state index in [0.29, 0.717) is 37.9 Å². The van der Waals surface area contributed by atoms with E-state index in [9.17, 15) is 4.79 Å². The van der Waals surface area contributed by atoms with Gasteiger partial charge in [0.25, 0.3) is 0 Å². The lowest BCUT2D eigenvalue weighted by atomic mass is 10.2. The summed E-state index contributed by atoms with van der Waals surface area (Å²) in [6.45, 7) is 4.17.